The molecule has 0 aliphatic carbocycles. The molecule has 1 rings (SSSR count). The molecule has 0 aromatic rings. The number of oxime groups is 1. The van der Waals surface area contributed by atoms with Gasteiger partial charge in [-0.25, -0.2) is 4.79 Å². The number of amidine groups is 1. The molecule has 0 saturated heterocycles. The second kappa shape index (κ2) is 2.90. The maximum atomic E-state index is 11.0. The molecule has 4 nitrogen and oxygen atoms in total. The van der Waals surface area contributed by atoms with E-state index in [2.05, 4.69) is 9.99 Å². The third-order valence-electron chi connectivity index (χ3n) is 2.03. The van der Waals surface area contributed by atoms with Gasteiger partial charge in [-0.2, -0.15) is 0 Å². The Bertz CT molecular complexity index is 201. The summed E-state index contributed by atoms with van der Waals surface area (Å²) in [6.07, 6.45) is 0.899. The largest absolute Gasteiger partial charge is 0.384 e. The molecule has 2 N–H and O–H groups in total. The number of carbonyl (C=O) groups is 1. The summed E-state index contributed by atoms with van der Waals surface area (Å²) in [5.41, 5.74) is 5.45. The summed E-state index contributed by atoms with van der Waals surface area (Å²) in [7, 11) is 0. The van der Waals surface area contributed by atoms with E-state index in [1.54, 1.807) is 0 Å². The Hall–Kier alpha value is -1.06. The van der Waals surface area contributed by atoms with E-state index in [0.717, 1.165) is 6.42 Å². The van der Waals surface area contributed by atoms with E-state index in [4.69, 9.17) is 5.73 Å². The molecule has 0 unspecified atom stereocenters. The average molecular weight is 156 g/mol. The van der Waals surface area contributed by atoms with Crippen LogP contribution in [0.15, 0.2) is 5.16 Å². The van der Waals surface area contributed by atoms with Crippen LogP contribution >= 0.6 is 0 Å². The smallest absolute Gasteiger partial charge is 0.346 e. The minimum Gasteiger partial charge on any atom is -0.384 e. The molecule has 1 aliphatic heterocycles. The van der Waals surface area contributed by atoms with Gasteiger partial charge < -0.3 is 10.6 Å². The minimum absolute atomic E-state index is 0.216. The Labute approximate surface area is 65.4 Å². The monoisotopic (exact) mass is 156 g/mol. The molecule has 0 radical (unpaired) electrons. The van der Waals surface area contributed by atoms with Gasteiger partial charge in [0.25, 0.3) is 0 Å². The first-order valence-electron chi connectivity index (χ1n) is 3.71. The van der Waals surface area contributed by atoms with Gasteiger partial charge in [-0.1, -0.05) is 25.4 Å². The summed E-state index contributed by atoms with van der Waals surface area (Å²) >= 11 is 0. The van der Waals surface area contributed by atoms with Crippen molar-refractivity contribution in [2.24, 2.45) is 22.7 Å². The highest BCUT2D eigenvalue weighted by Gasteiger charge is 2.34. The number of nitrogens with two attached hydrogens (primary N) is 1. The van der Waals surface area contributed by atoms with E-state index in [1.165, 1.54) is 0 Å². The number of hydrogen-bond acceptors (Lipinski definition) is 4. The van der Waals surface area contributed by atoms with Crippen LogP contribution in [-0.2, 0) is 9.63 Å². The lowest BCUT2D eigenvalue weighted by Gasteiger charge is -2.11. The lowest BCUT2D eigenvalue weighted by molar-refractivity contribution is -0.144. The van der Waals surface area contributed by atoms with Crippen LogP contribution in [0.1, 0.15) is 20.3 Å². The van der Waals surface area contributed by atoms with Crippen molar-refractivity contribution in [1.29, 1.82) is 0 Å². The van der Waals surface area contributed by atoms with Crippen molar-refractivity contribution in [3.63, 3.8) is 0 Å². The molecular formula is C7H12N2O2. The van der Waals surface area contributed by atoms with Crippen LogP contribution in [0.3, 0.4) is 0 Å². The average Bonchev–Trinajstić information content (AvgIpc) is 2.30. The SMILES string of the molecule is CC[C@@H](C)[C@H]1C(=O)ON=C1N. The summed E-state index contributed by atoms with van der Waals surface area (Å²) < 4.78 is 0. The quantitative estimate of drug-likeness (QED) is 0.591. The first-order valence-corrected chi connectivity index (χ1v) is 3.71. The summed E-state index contributed by atoms with van der Waals surface area (Å²) in [6.45, 7) is 3.96. The Morgan fingerprint density at radius 2 is 2.45 bits per heavy atom. The highest BCUT2D eigenvalue weighted by atomic mass is 16.7. The maximum Gasteiger partial charge on any atom is 0.346 e. The van der Waals surface area contributed by atoms with Gasteiger partial charge in [0.15, 0.2) is 5.84 Å². The van der Waals surface area contributed by atoms with Gasteiger partial charge in [0, 0.05) is 0 Å². The lowest BCUT2D eigenvalue weighted by atomic mass is 9.91. The number of hydrogen-bond donors (Lipinski definition) is 1. The Balaban J connectivity index is 2.69. The highest BCUT2D eigenvalue weighted by Crippen LogP contribution is 2.21. The van der Waals surface area contributed by atoms with Gasteiger partial charge in [-0.15, -0.1) is 0 Å². The zero-order chi connectivity index (χ0) is 8.43. The Morgan fingerprint density at radius 3 is 2.82 bits per heavy atom. The first kappa shape index (κ1) is 8.04. The fraction of sp³-hybridized carbons (Fsp3) is 0.714. The normalized spacial score (nSPS) is 26.2. The first-order chi connectivity index (χ1) is 5.16. The fourth-order valence-corrected chi connectivity index (χ4v) is 1.09. The molecule has 1 aliphatic rings. The van der Waals surface area contributed by atoms with Crippen LogP contribution in [0.25, 0.3) is 0 Å². The molecule has 0 spiro atoms. The standard InChI is InChI=1S/C7H12N2O2/c1-3-4(2)5-6(8)9-11-7(5)10/h4-5H,3H2,1-2H3,(H2,8,9)/t4-,5-/m1/s1. The summed E-state index contributed by atoms with van der Waals surface area (Å²) in [5.74, 6) is -0.116. The van der Waals surface area contributed by atoms with Crippen LogP contribution < -0.4 is 5.73 Å². The van der Waals surface area contributed by atoms with Crippen molar-refractivity contribution in [3.8, 4) is 0 Å². The van der Waals surface area contributed by atoms with Gasteiger partial charge >= 0.3 is 5.97 Å². The van der Waals surface area contributed by atoms with Gasteiger partial charge in [-0.05, 0) is 5.92 Å². The summed E-state index contributed by atoms with van der Waals surface area (Å²) in [4.78, 5) is 15.4. The zero-order valence-corrected chi connectivity index (χ0v) is 6.70. The van der Waals surface area contributed by atoms with Crippen molar-refractivity contribution in [2.75, 3.05) is 0 Å². The van der Waals surface area contributed by atoms with Gasteiger partial charge in [0.1, 0.15) is 5.92 Å². The number of carbonyl (C=O) groups excluding carboxylic acids is 1. The zero-order valence-electron chi connectivity index (χ0n) is 6.70. The van der Waals surface area contributed by atoms with Crippen LogP contribution in [0.2, 0.25) is 0 Å². The summed E-state index contributed by atoms with van der Waals surface area (Å²) in [6, 6.07) is 0. The molecule has 0 fully saturated rings. The molecule has 2 atom stereocenters. The predicted octanol–water partition coefficient (Wildman–Crippen LogP) is 0.478. The van der Waals surface area contributed by atoms with Crippen LogP contribution in [-0.4, -0.2) is 11.8 Å². The maximum absolute atomic E-state index is 11.0. The summed E-state index contributed by atoms with van der Waals surface area (Å²) in [5, 5.41) is 3.41. The van der Waals surface area contributed by atoms with Crippen molar-refractivity contribution in [1.82, 2.24) is 0 Å². The van der Waals surface area contributed by atoms with Gasteiger partial charge in [-0.3, -0.25) is 0 Å². The molecule has 62 valence electrons. The van der Waals surface area contributed by atoms with Crippen LogP contribution in [0, 0.1) is 11.8 Å². The predicted molar refractivity (Wildman–Crippen MR) is 40.7 cm³/mol. The van der Waals surface area contributed by atoms with E-state index in [9.17, 15) is 4.79 Å². The lowest BCUT2D eigenvalue weighted by Crippen LogP contribution is -2.30. The fourth-order valence-electron chi connectivity index (χ4n) is 1.09. The van der Waals surface area contributed by atoms with Gasteiger partial charge in [0.05, 0.1) is 0 Å². The van der Waals surface area contributed by atoms with Crippen LogP contribution in [0.5, 0.6) is 0 Å². The van der Waals surface area contributed by atoms with Crippen molar-refractivity contribution in [3.05, 3.63) is 0 Å². The van der Waals surface area contributed by atoms with Crippen molar-refractivity contribution in [2.45, 2.75) is 20.3 Å². The second-order valence-corrected chi connectivity index (χ2v) is 2.79. The van der Waals surface area contributed by atoms with E-state index < -0.39 is 0 Å². The van der Waals surface area contributed by atoms with Crippen molar-refractivity contribution < 1.29 is 9.63 Å². The van der Waals surface area contributed by atoms with Crippen LogP contribution in [0.4, 0.5) is 0 Å². The molecular weight excluding hydrogens is 144 g/mol. The van der Waals surface area contributed by atoms with E-state index >= 15 is 0 Å². The van der Waals surface area contributed by atoms with E-state index in [0.29, 0.717) is 5.84 Å². The second-order valence-electron chi connectivity index (χ2n) is 2.79. The van der Waals surface area contributed by atoms with Crippen molar-refractivity contribution >= 4 is 11.8 Å². The van der Waals surface area contributed by atoms with E-state index in [-0.39, 0.29) is 17.8 Å². The molecule has 11 heavy (non-hydrogen) atoms. The Morgan fingerprint density at radius 1 is 1.82 bits per heavy atom. The van der Waals surface area contributed by atoms with Gasteiger partial charge in [0.2, 0.25) is 0 Å². The highest BCUT2D eigenvalue weighted by molar-refractivity contribution is 6.03. The third kappa shape index (κ3) is 1.34. The molecule has 4 heteroatoms. The topological polar surface area (TPSA) is 64.7 Å². The third-order valence-corrected chi connectivity index (χ3v) is 2.03. The van der Waals surface area contributed by atoms with E-state index in [1.807, 2.05) is 13.8 Å². The molecule has 0 aromatic heterocycles. The Kier molecular flexibility index (Phi) is 2.12. The molecule has 0 saturated carbocycles. The molecule has 1 heterocycles. The minimum atomic E-state index is -0.322. The molecule has 0 aromatic carbocycles. The molecule has 0 bridgehead atoms. The number of nitrogens with zero attached hydrogens (tertiary/aromatic N) is 1. The molecule has 0 amide bonds. The number of rotatable bonds is 2.